The third-order valence-electron chi connectivity index (χ3n) is 2.96. The van der Waals surface area contributed by atoms with Gasteiger partial charge in [-0.15, -0.1) is 10.2 Å². The first-order chi connectivity index (χ1) is 10.2. The lowest BCUT2D eigenvalue weighted by molar-refractivity contribution is 0.466. The van der Waals surface area contributed by atoms with E-state index in [2.05, 4.69) is 57.3 Å². The number of halogens is 1. The lowest BCUT2D eigenvalue weighted by atomic mass is 10.2. The Kier molecular flexibility index (Phi) is 4.41. The molecule has 3 nitrogen and oxygen atoms in total. The van der Waals surface area contributed by atoms with Crippen LogP contribution < -0.4 is 0 Å². The Balaban J connectivity index is 1.69. The van der Waals surface area contributed by atoms with Gasteiger partial charge in [-0.2, -0.15) is 0 Å². The molecule has 0 aliphatic heterocycles. The van der Waals surface area contributed by atoms with E-state index in [1.165, 1.54) is 11.1 Å². The number of aryl methyl sites for hydroxylation is 1. The number of thioether (sulfide) groups is 1. The molecule has 2 aromatic carbocycles. The van der Waals surface area contributed by atoms with Gasteiger partial charge in [-0.3, -0.25) is 0 Å². The van der Waals surface area contributed by atoms with Crippen LogP contribution in [0.5, 0.6) is 0 Å². The van der Waals surface area contributed by atoms with Gasteiger partial charge >= 0.3 is 0 Å². The molecule has 0 atom stereocenters. The predicted molar refractivity (Wildman–Crippen MR) is 88.2 cm³/mol. The van der Waals surface area contributed by atoms with Crippen molar-refractivity contribution >= 4 is 27.7 Å². The SMILES string of the molecule is Cc1ccc(CSc2nnc(-c3cccc(Br)c3)o2)cc1. The molecule has 5 heteroatoms. The van der Waals surface area contributed by atoms with Gasteiger partial charge in [0.05, 0.1) is 0 Å². The van der Waals surface area contributed by atoms with E-state index in [-0.39, 0.29) is 0 Å². The van der Waals surface area contributed by atoms with Crippen LogP contribution in [-0.2, 0) is 5.75 Å². The first-order valence-electron chi connectivity index (χ1n) is 6.48. The van der Waals surface area contributed by atoms with Gasteiger partial charge in [0.25, 0.3) is 5.22 Å². The summed E-state index contributed by atoms with van der Waals surface area (Å²) in [5.74, 6) is 1.36. The van der Waals surface area contributed by atoms with Crippen molar-refractivity contribution in [2.75, 3.05) is 0 Å². The largest absolute Gasteiger partial charge is 0.411 e. The normalized spacial score (nSPS) is 10.8. The fraction of sp³-hybridized carbons (Fsp3) is 0.125. The zero-order valence-corrected chi connectivity index (χ0v) is 13.8. The highest BCUT2D eigenvalue weighted by molar-refractivity contribution is 9.10. The Labute approximate surface area is 135 Å². The van der Waals surface area contributed by atoms with Crippen LogP contribution in [0.15, 0.2) is 62.6 Å². The van der Waals surface area contributed by atoms with Crippen molar-refractivity contribution in [3.63, 3.8) is 0 Å². The minimum atomic E-state index is 0.544. The number of nitrogens with zero attached hydrogens (tertiary/aromatic N) is 2. The summed E-state index contributed by atoms with van der Waals surface area (Å²) in [5.41, 5.74) is 3.42. The van der Waals surface area contributed by atoms with Gasteiger partial charge in [0.15, 0.2) is 0 Å². The van der Waals surface area contributed by atoms with E-state index >= 15 is 0 Å². The second-order valence-electron chi connectivity index (χ2n) is 4.66. The van der Waals surface area contributed by atoms with Crippen molar-refractivity contribution in [2.45, 2.75) is 17.9 Å². The highest BCUT2D eigenvalue weighted by Gasteiger charge is 2.09. The van der Waals surface area contributed by atoms with Crippen molar-refractivity contribution in [2.24, 2.45) is 0 Å². The zero-order valence-electron chi connectivity index (χ0n) is 11.4. The molecule has 0 saturated heterocycles. The van der Waals surface area contributed by atoms with E-state index in [0.29, 0.717) is 11.1 Å². The topological polar surface area (TPSA) is 38.9 Å². The monoisotopic (exact) mass is 360 g/mol. The number of rotatable bonds is 4. The number of hydrogen-bond acceptors (Lipinski definition) is 4. The molecule has 106 valence electrons. The van der Waals surface area contributed by atoms with E-state index in [9.17, 15) is 0 Å². The molecule has 3 aromatic rings. The molecule has 0 spiro atoms. The molecule has 0 fully saturated rings. The molecular formula is C16H13BrN2OS. The van der Waals surface area contributed by atoms with E-state index in [4.69, 9.17) is 4.42 Å². The van der Waals surface area contributed by atoms with Gasteiger partial charge in [-0.05, 0) is 30.7 Å². The summed E-state index contributed by atoms with van der Waals surface area (Å²) in [6.07, 6.45) is 0. The highest BCUT2D eigenvalue weighted by Crippen LogP contribution is 2.27. The quantitative estimate of drug-likeness (QED) is 0.606. The summed E-state index contributed by atoms with van der Waals surface area (Å²) >= 11 is 4.99. The van der Waals surface area contributed by atoms with Gasteiger partial charge in [0.1, 0.15) is 0 Å². The molecule has 0 bridgehead atoms. The van der Waals surface area contributed by atoms with Crippen LogP contribution in [0.3, 0.4) is 0 Å². The molecule has 3 rings (SSSR count). The Morgan fingerprint density at radius 3 is 2.67 bits per heavy atom. The van der Waals surface area contributed by atoms with Crippen molar-refractivity contribution in [1.82, 2.24) is 10.2 Å². The summed E-state index contributed by atoms with van der Waals surface area (Å²) in [6, 6.07) is 16.3. The number of benzene rings is 2. The van der Waals surface area contributed by atoms with E-state index in [1.807, 2.05) is 24.3 Å². The molecular weight excluding hydrogens is 348 g/mol. The summed E-state index contributed by atoms with van der Waals surface area (Å²) in [6.45, 7) is 2.08. The molecule has 0 aliphatic rings. The van der Waals surface area contributed by atoms with Gasteiger partial charge in [0, 0.05) is 15.8 Å². The summed E-state index contributed by atoms with van der Waals surface area (Å²) < 4.78 is 6.68. The Morgan fingerprint density at radius 1 is 1.10 bits per heavy atom. The number of aromatic nitrogens is 2. The van der Waals surface area contributed by atoms with Crippen LogP contribution in [0.2, 0.25) is 0 Å². The molecule has 0 aliphatic carbocycles. The Morgan fingerprint density at radius 2 is 1.90 bits per heavy atom. The summed E-state index contributed by atoms with van der Waals surface area (Å²) in [4.78, 5) is 0. The summed E-state index contributed by atoms with van der Waals surface area (Å²) in [7, 11) is 0. The van der Waals surface area contributed by atoms with Gasteiger partial charge in [-0.1, -0.05) is 63.6 Å². The second kappa shape index (κ2) is 6.45. The van der Waals surface area contributed by atoms with Crippen LogP contribution in [0.25, 0.3) is 11.5 Å². The lowest BCUT2D eigenvalue weighted by Crippen LogP contribution is -1.81. The van der Waals surface area contributed by atoms with Crippen LogP contribution >= 0.6 is 27.7 Å². The molecule has 0 N–H and O–H groups in total. The average Bonchev–Trinajstić information content (AvgIpc) is 2.96. The molecule has 1 aromatic heterocycles. The van der Waals surface area contributed by atoms with E-state index < -0.39 is 0 Å². The minimum Gasteiger partial charge on any atom is -0.411 e. The van der Waals surface area contributed by atoms with Gasteiger partial charge in [-0.25, -0.2) is 0 Å². The van der Waals surface area contributed by atoms with Gasteiger partial charge in [0.2, 0.25) is 5.89 Å². The fourth-order valence-corrected chi connectivity index (χ4v) is 2.95. The minimum absolute atomic E-state index is 0.544. The predicted octanol–water partition coefficient (Wildman–Crippen LogP) is 5.10. The van der Waals surface area contributed by atoms with E-state index in [0.717, 1.165) is 15.8 Å². The van der Waals surface area contributed by atoms with Crippen molar-refractivity contribution in [1.29, 1.82) is 0 Å². The van der Waals surface area contributed by atoms with Crippen LogP contribution in [-0.4, -0.2) is 10.2 Å². The highest BCUT2D eigenvalue weighted by atomic mass is 79.9. The molecule has 0 unspecified atom stereocenters. The standard InChI is InChI=1S/C16H13BrN2OS/c1-11-5-7-12(8-6-11)10-21-16-19-18-15(20-16)13-3-2-4-14(17)9-13/h2-9H,10H2,1H3. The second-order valence-corrected chi connectivity index (χ2v) is 6.50. The molecule has 0 amide bonds. The third-order valence-corrected chi connectivity index (χ3v) is 4.34. The lowest BCUT2D eigenvalue weighted by Gasteiger charge is -1.99. The van der Waals surface area contributed by atoms with Crippen LogP contribution in [0.4, 0.5) is 0 Å². The first-order valence-corrected chi connectivity index (χ1v) is 8.26. The van der Waals surface area contributed by atoms with Crippen LogP contribution in [0, 0.1) is 6.92 Å². The maximum absolute atomic E-state index is 5.69. The average molecular weight is 361 g/mol. The van der Waals surface area contributed by atoms with Crippen LogP contribution in [0.1, 0.15) is 11.1 Å². The Bertz CT molecular complexity index is 740. The zero-order chi connectivity index (χ0) is 14.7. The smallest absolute Gasteiger partial charge is 0.277 e. The summed E-state index contributed by atoms with van der Waals surface area (Å²) in [5, 5.41) is 8.77. The third kappa shape index (κ3) is 3.74. The molecule has 0 radical (unpaired) electrons. The fourth-order valence-electron chi connectivity index (χ4n) is 1.84. The Hall–Kier alpha value is -1.59. The van der Waals surface area contributed by atoms with Crippen molar-refractivity contribution in [3.8, 4) is 11.5 Å². The molecule has 0 saturated carbocycles. The maximum atomic E-state index is 5.69. The number of hydrogen-bond donors (Lipinski definition) is 0. The first kappa shape index (κ1) is 14.4. The molecule has 21 heavy (non-hydrogen) atoms. The van der Waals surface area contributed by atoms with E-state index in [1.54, 1.807) is 11.8 Å². The molecule has 1 heterocycles. The van der Waals surface area contributed by atoms with Crippen molar-refractivity contribution in [3.05, 3.63) is 64.1 Å². The maximum Gasteiger partial charge on any atom is 0.277 e. The van der Waals surface area contributed by atoms with Crippen molar-refractivity contribution < 1.29 is 4.42 Å². The van der Waals surface area contributed by atoms with Gasteiger partial charge < -0.3 is 4.42 Å².